The van der Waals surface area contributed by atoms with Crippen molar-refractivity contribution in [3.63, 3.8) is 0 Å². The lowest BCUT2D eigenvalue weighted by Gasteiger charge is -2.09. The molecule has 4 nitrogen and oxygen atoms in total. The second-order valence-electron chi connectivity index (χ2n) is 4.32. The van der Waals surface area contributed by atoms with E-state index in [1.807, 2.05) is 36.5 Å². The first-order valence-electron chi connectivity index (χ1n) is 5.91. The molecule has 1 aromatic carbocycles. The van der Waals surface area contributed by atoms with Gasteiger partial charge in [0.2, 0.25) is 0 Å². The van der Waals surface area contributed by atoms with Crippen molar-refractivity contribution in [2.75, 3.05) is 5.73 Å². The number of hydrogen-bond acceptors (Lipinski definition) is 4. The minimum Gasteiger partial charge on any atom is -0.398 e. The molecule has 18 heavy (non-hydrogen) atoms. The van der Waals surface area contributed by atoms with Crippen molar-refractivity contribution in [3.05, 3.63) is 59.9 Å². The standard InChI is InChI=1S/C14H14N4/c15-12-6-2-1-5-11(12)14-8-13(17-18-14)10-4-3-7-16-9-10/h1-7,9,13,17H,8,15H2. The molecule has 1 atom stereocenters. The molecule has 0 amide bonds. The van der Waals surface area contributed by atoms with Crippen LogP contribution in [-0.2, 0) is 0 Å². The van der Waals surface area contributed by atoms with Crippen molar-refractivity contribution >= 4 is 11.4 Å². The van der Waals surface area contributed by atoms with E-state index in [0.29, 0.717) is 0 Å². The fourth-order valence-electron chi connectivity index (χ4n) is 2.14. The first-order valence-corrected chi connectivity index (χ1v) is 5.91. The number of para-hydroxylation sites is 1. The van der Waals surface area contributed by atoms with Gasteiger partial charge in [0.15, 0.2) is 0 Å². The number of nitrogens with zero attached hydrogens (tertiary/aromatic N) is 2. The van der Waals surface area contributed by atoms with Crippen LogP contribution in [0.25, 0.3) is 0 Å². The molecule has 2 heterocycles. The van der Waals surface area contributed by atoms with Crippen LogP contribution < -0.4 is 11.2 Å². The van der Waals surface area contributed by atoms with Crippen molar-refractivity contribution in [2.45, 2.75) is 12.5 Å². The molecule has 90 valence electrons. The average Bonchev–Trinajstić information content (AvgIpc) is 2.90. The monoisotopic (exact) mass is 238 g/mol. The fourth-order valence-corrected chi connectivity index (χ4v) is 2.14. The van der Waals surface area contributed by atoms with Gasteiger partial charge in [-0.15, -0.1) is 0 Å². The van der Waals surface area contributed by atoms with Gasteiger partial charge < -0.3 is 11.2 Å². The SMILES string of the molecule is Nc1ccccc1C1=NNC(c2cccnc2)C1. The average molecular weight is 238 g/mol. The molecule has 0 spiro atoms. The lowest BCUT2D eigenvalue weighted by Crippen LogP contribution is -2.10. The summed E-state index contributed by atoms with van der Waals surface area (Å²) in [7, 11) is 0. The highest BCUT2D eigenvalue weighted by atomic mass is 15.3. The Kier molecular flexibility index (Phi) is 2.68. The van der Waals surface area contributed by atoms with Crippen LogP contribution in [-0.4, -0.2) is 10.7 Å². The van der Waals surface area contributed by atoms with E-state index >= 15 is 0 Å². The molecule has 1 aliphatic heterocycles. The van der Waals surface area contributed by atoms with Gasteiger partial charge in [-0.2, -0.15) is 5.10 Å². The Morgan fingerprint density at radius 2 is 2.06 bits per heavy atom. The quantitative estimate of drug-likeness (QED) is 0.787. The largest absolute Gasteiger partial charge is 0.398 e. The van der Waals surface area contributed by atoms with Crippen molar-refractivity contribution in [3.8, 4) is 0 Å². The molecule has 4 heteroatoms. The Morgan fingerprint density at radius 1 is 1.17 bits per heavy atom. The molecule has 2 aromatic rings. The smallest absolute Gasteiger partial charge is 0.0760 e. The summed E-state index contributed by atoms with van der Waals surface area (Å²) < 4.78 is 0. The Morgan fingerprint density at radius 3 is 2.83 bits per heavy atom. The van der Waals surface area contributed by atoms with E-state index in [4.69, 9.17) is 5.73 Å². The van der Waals surface area contributed by atoms with E-state index in [-0.39, 0.29) is 6.04 Å². The molecule has 0 radical (unpaired) electrons. The highest BCUT2D eigenvalue weighted by molar-refractivity contribution is 6.05. The number of rotatable bonds is 2. The maximum Gasteiger partial charge on any atom is 0.0760 e. The first-order chi connectivity index (χ1) is 8.84. The predicted molar refractivity (Wildman–Crippen MR) is 72.1 cm³/mol. The zero-order chi connectivity index (χ0) is 12.4. The summed E-state index contributed by atoms with van der Waals surface area (Å²) in [5, 5.41) is 4.38. The van der Waals surface area contributed by atoms with Gasteiger partial charge in [-0.3, -0.25) is 4.98 Å². The van der Waals surface area contributed by atoms with Crippen LogP contribution >= 0.6 is 0 Å². The summed E-state index contributed by atoms with van der Waals surface area (Å²) in [6.07, 6.45) is 4.47. The third-order valence-electron chi connectivity index (χ3n) is 3.11. The number of nitrogens with one attached hydrogen (secondary N) is 1. The minimum atomic E-state index is 0.188. The summed E-state index contributed by atoms with van der Waals surface area (Å²) in [4.78, 5) is 4.13. The molecule has 1 aliphatic rings. The number of pyridine rings is 1. The van der Waals surface area contributed by atoms with Crippen LogP contribution in [0.2, 0.25) is 0 Å². The molecule has 0 saturated heterocycles. The van der Waals surface area contributed by atoms with E-state index in [1.165, 1.54) is 0 Å². The maximum atomic E-state index is 5.96. The van der Waals surface area contributed by atoms with Gasteiger partial charge >= 0.3 is 0 Å². The van der Waals surface area contributed by atoms with Crippen LogP contribution in [0.3, 0.4) is 0 Å². The lowest BCUT2D eigenvalue weighted by molar-refractivity contribution is 0.618. The molecule has 3 N–H and O–H groups in total. The number of nitrogen functional groups attached to an aromatic ring is 1. The summed E-state index contributed by atoms with van der Waals surface area (Å²) in [6, 6.07) is 12.0. The van der Waals surface area contributed by atoms with Gasteiger partial charge in [0, 0.05) is 30.1 Å². The Bertz CT molecular complexity index is 577. The summed E-state index contributed by atoms with van der Waals surface area (Å²) in [5.41, 5.74) is 13.0. The number of aromatic nitrogens is 1. The highest BCUT2D eigenvalue weighted by Gasteiger charge is 2.22. The number of hydrogen-bond donors (Lipinski definition) is 2. The maximum absolute atomic E-state index is 5.96. The Balaban J connectivity index is 1.82. The zero-order valence-electron chi connectivity index (χ0n) is 9.88. The van der Waals surface area contributed by atoms with Crippen LogP contribution in [0, 0.1) is 0 Å². The van der Waals surface area contributed by atoms with E-state index in [0.717, 1.165) is 28.9 Å². The van der Waals surface area contributed by atoms with Crippen LogP contribution in [0.5, 0.6) is 0 Å². The van der Waals surface area contributed by atoms with Crippen LogP contribution in [0.15, 0.2) is 53.9 Å². The van der Waals surface area contributed by atoms with E-state index in [9.17, 15) is 0 Å². The second kappa shape index (κ2) is 4.49. The minimum absolute atomic E-state index is 0.188. The number of anilines is 1. The first kappa shape index (κ1) is 10.8. The van der Waals surface area contributed by atoms with Crippen molar-refractivity contribution in [1.82, 2.24) is 10.4 Å². The topological polar surface area (TPSA) is 63.3 Å². The van der Waals surface area contributed by atoms with Crippen molar-refractivity contribution in [1.29, 1.82) is 0 Å². The Hall–Kier alpha value is -2.36. The zero-order valence-corrected chi connectivity index (χ0v) is 9.88. The van der Waals surface area contributed by atoms with Gasteiger partial charge in [-0.05, 0) is 17.7 Å². The van der Waals surface area contributed by atoms with Gasteiger partial charge in [-0.1, -0.05) is 24.3 Å². The second-order valence-corrected chi connectivity index (χ2v) is 4.32. The molecular weight excluding hydrogens is 224 g/mol. The van der Waals surface area contributed by atoms with Crippen LogP contribution in [0.4, 0.5) is 5.69 Å². The third kappa shape index (κ3) is 1.93. The molecule has 0 bridgehead atoms. The van der Waals surface area contributed by atoms with E-state index in [1.54, 1.807) is 6.20 Å². The molecule has 1 aromatic heterocycles. The normalized spacial score (nSPS) is 18.2. The number of hydrazone groups is 1. The molecule has 0 aliphatic carbocycles. The van der Waals surface area contributed by atoms with Crippen molar-refractivity contribution in [2.24, 2.45) is 5.10 Å². The predicted octanol–water partition coefficient (Wildman–Crippen LogP) is 2.10. The molecular formula is C14H14N4. The van der Waals surface area contributed by atoms with E-state index < -0.39 is 0 Å². The molecule has 3 rings (SSSR count). The summed E-state index contributed by atoms with van der Waals surface area (Å²) in [5.74, 6) is 0. The number of benzene rings is 1. The molecule has 1 unspecified atom stereocenters. The van der Waals surface area contributed by atoms with E-state index in [2.05, 4.69) is 21.6 Å². The van der Waals surface area contributed by atoms with Crippen molar-refractivity contribution < 1.29 is 0 Å². The lowest BCUT2D eigenvalue weighted by atomic mass is 9.99. The summed E-state index contributed by atoms with van der Waals surface area (Å²) in [6.45, 7) is 0. The third-order valence-corrected chi connectivity index (χ3v) is 3.11. The molecule has 0 fully saturated rings. The van der Waals surface area contributed by atoms with Gasteiger partial charge in [0.25, 0.3) is 0 Å². The number of nitrogens with two attached hydrogens (primary N) is 1. The molecule has 0 saturated carbocycles. The van der Waals surface area contributed by atoms with Crippen LogP contribution in [0.1, 0.15) is 23.6 Å². The highest BCUT2D eigenvalue weighted by Crippen LogP contribution is 2.25. The Labute approximate surface area is 106 Å². The van der Waals surface area contributed by atoms with Gasteiger partial charge in [-0.25, -0.2) is 0 Å². The fraction of sp³-hybridized carbons (Fsp3) is 0.143. The van der Waals surface area contributed by atoms with Gasteiger partial charge in [0.1, 0.15) is 0 Å². The summed E-state index contributed by atoms with van der Waals surface area (Å²) >= 11 is 0. The van der Waals surface area contributed by atoms with Gasteiger partial charge in [0.05, 0.1) is 11.8 Å².